The van der Waals surface area contributed by atoms with Gasteiger partial charge >= 0.3 is 22.9 Å². The van der Waals surface area contributed by atoms with E-state index in [1.165, 1.54) is 0 Å². The number of carbonyl (C=O) groups is 1. The zero-order valence-corrected chi connectivity index (χ0v) is 10.0. The van der Waals surface area contributed by atoms with Crippen LogP contribution in [0.4, 0.5) is 5.69 Å². The molecule has 0 aliphatic heterocycles. The molecule has 1 heterocycles. The van der Waals surface area contributed by atoms with E-state index in [9.17, 15) is 24.5 Å². The molecule has 0 radical (unpaired) electrons. The van der Waals surface area contributed by atoms with Crippen LogP contribution in [0.5, 0.6) is 0 Å². The molecule has 1 N–H and O–H groups in total. The molecule has 0 atom stereocenters. The number of carboxylic acids is 1. The smallest absolute Gasteiger partial charge is 0.350 e. The van der Waals surface area contributed by atoms with Crippen LogP contribution in [0, 0.1) is 10.1 Å². The normalized spacial score (nSPS) is 10.2. The van der Waals surface area contributed by atoms with Crippen LogP contribution in [0.3, 0.4) is 0 Å². The minimum Gasteiger partial charge on any atom is -0.478 e. The molecule has 0 spiro atoms. The Morgan fingerprint density at radius 1 is 1.53 bits per heavy atom. The van der Waals surface area contributed by atoms with Gasteiger partial charge in [0.15, 0.2) is 0 Å². The number of rotatable bonds is 5. The van der Waals surface area contributed by atoms with Gasteiger partial charge in [0.1, 0.15) is 0 Å². The van der Waals surface area contributed by atoms with Gasteiger partial charge in [-0.05, 0) is 6.92 Å². The number of aromatic nitrogens is 2. The molecule has 0 aliphatic rings. The summed E-state index contributed by atoms with van der Waals surface area (Å²) in [4.78, 5) is 44.0. The third kappa shape index (κ3) is 2.76. The maximum Gasteiger partial charge on any atom is 0.350 e. The Morgan fingerprint density at radius 3 is 2.53 bits per heavy atom. The SMILES string of the molecule is C=C(Cn1c(=O)c([N+](=O)[O-])cn(CC)c1=O)C(=O)O. The Kier molecular flexibility index (Phi) is 4.00. The van der Waals surface area contributed by atoms with Gasteiger partial charge in [0.05, 0.1) is 17.7 Å². The van der Waals surface area contributed by atoms with Crippen LogP contribution in [0.15, 0.2) is 27.9 Å². The fourth-order valence-corrected chi connectivity index (χ4v) is 1.39. The first-order valence-corrected chi connectivity index (χ1v) is 5.19. The van der Waals surface area contributed by atoms with E-state index in [1.807, 2.05) is 0 Å². The first-order chi connectivity index (χ1) is 8.79. The van der Waals surface area contributed by atoms with Gasteiger partial charge in [-0.1, -0.05) is 6.58 Å². The number of hydrogen-bond acceptors (Lipinski definition) is 5. The average molecular weight is 269 g/mol. The summed E-state index contributed by atoms with van der Waals surface area (Å²) in [6.07, 6.45) is 0.838. The minimum absolute atomic E-state index is 0.111. The van der Waals surface area contributed by atoms with Crippen molar-refractivity contribution < 1.29 is 14.8 Å². The number of nitrogens with zero attached hydrogens (tertiary/aromatic N) is 3. The van der Waals surface area contributed by atoms with Crippen LogP contribution in [-0.4, -0.2) is 25.1 Å². The molecule has 0 aromatic carbocycles. The van der Waals surface area contributed by atoms with Crippen molar-refractivity contribution in [1.82, 2.24) is 9.13 Å². The maximum atomic E-state index is 11.8. The summed E-state index contributed by atoms with van der Waals surface area (Å²) >= 11 is 0. The van der Waals surface area contributed by atoms with Gasteiger partial charge in [0, 0.05) is 12.1 Å². The Hall–Kier alpha value is -2.71. The van der Waals surface area contributed by atoms with Crippen LogP contribution in [0.1, 0.15) is 6.92 Å². The lowest BCUT2D eigenvalue weighted by Gasteiger charge is -2.08. The molecule has 1 aromatic rings. The molecule has 1 rings (SSSR count). The molecule has 0 fully saturated rings. The Labute approximate surface area is 106 Å². The summed E-state index contributed by atoms with van der Waals surface area (Å²) < 4.78 is 1.44. The third-order valence-corrected chi connectivity index (χ3v) is 2.41. The van der Waals surface area contributed by atoms with E-state index >= 15 is 0 Å². The second kappa shape index (κ2) is 5.29. The van der Waals surface area contributed by atoms with Crippen LogP contribution < -0.4 is 11.2 Å². The predicted molar refractivity (Wildman–Crippen MR) is 64.1 cm³/mol. The zero-order valence-electron chi connectivity index (χ0n) is 10.0. The van der Waals surface area contributed by atoms with Gasteiger partial charge in [-0.25, -0.2) is 14.2 Å². The topological polar surface area (TPSA) is 124 Å². The largest absolute Gasteiger partial charge is 0.478 e. The van der Waals surface area contributed by atoms with E-state index in [4.69, 9.17) is 5.11 Å². The molecule has 0 saturated heterocycles. The van der Waals surface area contributed by atoms with Crippen LogP contribution in [0.2, 0.25) is 0 Å². The van der Waals surface area contributed by atoms with Gasteiger partial charge in [-0.15, -0.1) is 0 Å². The highest BCUT2D eigenvalue weighted by atomic mass is 16.6. The van der Waals surface area contributed by atoms with E-state index in [1.54, 1.807) is 6.92 Å². The molecule has 0 amide bonds. The molecule has 19 heavy (non-hydrogen) atoms. The van der Waals surface area contributed by atoms with Crippen molar-refractivity contribution in [1.29, 1.82) is 0 Å². The van der Waals surface area contributed by atoms with Crippen molar-refractivity contribution in [2.45, 2.75) is 20.0 Å². The van der Waals surface area contributed by atoms with Crippen LogP contribution >= 0.6 is 0 Å². The van der Waals surface area contributed by atoms with E-state index in [0.717, 1.165) is 10.8 Å². The van der Waals surface area contributed by atoms with Crippen molar-refractivity contribution in [2.24, 2.45) is 0 Å². The molecule has 0 aliphatic carbocycles. The number of aryl methyl sites for hydroxylation is 1. The maximum absolute atomic E-state index is 11.8. The Morgan fingerprint density at radius 2 is 2.11 bits per heavy atom. The minimum atomic E-state index is -1.39. The summed E-state index contributed by atoms with van der Waals surface area (Å²) in [5.41, 5.74) is -3.18. The van der Waals surface area contributed by atoms with E-state index in [-0.39, 0.29) is 6.54 Å². The zero-order chi connectivity index (χ0) is 14.7. The third-order valence-electron chi connectivity index (χ3n) is 2.41. The molecular weight excluding hydrogens is 258 g/mol. The number of nitro groups is 1. The quantitative estimate of drug-likeness (QED) is 0.439. The first kappa shape index (κ1) is 14.4. The molecule has 0 bridgehead atoms. The summed E-state index contributed by atoms with van der Waals surface area (Å²) in [6, 6.07) is 0. The van der Waals surface area contributed by atoms with Gasteiger partial charge < -0.3 is 5.11 Å². The molecule has 0 unspecified atom stereocenters. The second-order valence-electron chi connectivity index (χ2n) is 3.64. The van der Waals surface area contributed by atoms with Crippen molar-refractivity contribution in [3.63, 3.8) is 0 Å². The Bertz CT molecular complexity index is 669. The Balaban J connectivity index is 3.53. The number of hydrogen-bond donors (Lipinski definition) is 1. The van der Waals surface area contributed by atoms with E-state index < -0.39 is 39.9 Å². The van der Waals surface area contributed by atoms with Crippen LogP contribution in [-0.2, 0) is 17.9 Å². The van der Waals surface area contributed by atoms with Crippen molar-refractivity contribution in [3.05, 3.63) is 49.3 Å². The standard InChI is InChI=1S/C10H11N3O6/c1-3-11-5-7(13(18)19)8(14)12(10(11)17)4-6(2)9(15)16/h5H,2-4H2,1H3,(H,15,16). The first-order valence-electron chi connectivity index (χ1n) is 5.19. The van der Waals surface area contributed by atoms with E-state index in [0.29, 0.717) is 4.57 Å². The second-order valence-corrected chi connectivity index (χ2v) is 3.64. The lowest BCUT2D eigenvalue weighted by molar-refractivity contribution is -0.387. The molecule has 0 saturated carbocycles. The summed E-state index contributed by atoms with van der Waals surface area (Å²) in [5.74, 6) is -1.39. The van der Waals surface area contributed by atoms with Crippen molar-refractivity contribution in [3.8, 4) is 0 Å². The summed E-state index contributed by atoms with van der Waals surface area (Å²) in [5, 5.41) is 19.4. The van der Waals surface area contributed by atoms with Crippen LogP contribution in [0.25, 0.3) is 0 Å². The monoisotopic (exact) mass is 269 g/mol. The molecule has 9 nitrogen and oxygen atoms in total. The highest BCUT2D eigenvalue weighted by Crippen LogP contribution is 2.02. The highest BCUT2D eigenvalue weighted by molar-refractivity contribution is 5.85. The van der Waals surface area contributed by atoms with Gasteiger partial charge in [0.2, 0.25) is 0 Å². The van der Waals surface area contributed by atoms with Crippen molar-refractivity contribution in [2.75, 3.05) is 0 Å². The highest BCUT2D eigenvalue weighted by Gasteiger charge is 2.20. The lowest BCUT2D eigenvalue weighted by Crippen LogP contribution is -2.41. The molecule has 102 valence electrons. The van der Waals surface area contributed by atoms with E-state index in [2.05, 4.69) is 6.58 Å². The van der Waals surface area contributed by atoms with Gasteiger partial charge in [-0.2, -0.15) is 0 Å². The summed E-state index contributed by atoms with van der Waals surface area (Å²) in [7, 11) is 0. The fraction of sp³-hybridized carbons (Fsp3) is 0.300. The fourth-order valence-electron chi connectivity index (χ4n) is 1.39. The van der Waals surface area contributed by atoms with Gasteiger partial charge in [-0.3, -0.25) is 19.5 Å². The summed E-state index contributed by atoms with van der Waals surface area (Å²) in [6.45, 7) is 4.25. The molecular formula is C10H11N3O6. The molecule has 9 heteroatoms. The molecule has 1 aromatic heterocycles. The number of carboxylic acid groups (broad SMARTS) is 1. The van der Waals surface area contributed by atoms with Gasteiger partial charge in [0.25, 0.3) is 0 Å². The number of aliphatic carboxylic acids is 1. The van der Waals surface area contributed by atoms with Crippen molar-refractivity contribution >= 4 is 11.7 Å². The predicted octanol–water partition coefficient (Wildman–Crippen LogP) is -0.421. The average Bonchev–Trinajstić information content (AvgIpc) is 2.33. The lowest BCUT2D eigenvalue weighted by atomic mass is 10.3.